The van der Waals surface area contributed by atoms with Crippen LogP contribution in [0.15, 0.2) is 18.2 Å². The van der Waals surface area contributed by atoms with Crippen LogP contribution < -0.4 is 4.74 Å². The maximum atomic E-state index is 13.4. The minimum absolute atomic E-state index is 0.0110. The van der Waals surface area contributed by atoms with Crippen molar-refractivity contribution >= 4 is 11.8 Å². The van der Waals surface area contributed by atoms with Crippen molar-refractivity contribution in [1.29, 1.82) is 0 Å². The molecule has 0 saturated carbocycles. The first-order valence-electron chi connectivity index (χ1n) is 5.00. The molecule has 0 spiro atoms. The van der Waals surface area contributed by atoms with Gasteiger partial charge in [0, 0.05) is 6.07 Å². The molecule has 0 bridgehead atoms. The topological polar surface area (TPSA) is 52.6 Å². The largest absolute Gasteiger partial charge is 0.479 e. The number of benzene rings is 1. The van der Waals surface area contributed by atoms with E-state index >= 15 is 0 Å². The maximum absolute atomic E-state index is 13.4. The number of Topliss-reactive ketones (excluding diaryl/α,β-unsaturated/α-hetero) is 1. The van der Waals surface area contributed by atoms with Crippen LogP contribution in [0, 0.1) is 5.82 Å². The van der Waals surface area contributed by atoms with Gasteiger partial charge in [0.25, 0.3) is 0 Å². The Hall–Kier alpha value is -1.91. The molecule has 0 aromatic heterocycles. The summed E-state index contributed by atoms with van der Waals surface area (Å²) in [5.41, 5.74) is -0.0110. The molecule has 0 aliphatic rings. The van der Waals surface area contributed by atoms with Crippen LogP contribution in [-0.4, -0.2) is 25.0 Å². The van der Waals surface area contributed by atoms with Crippen molar-refractivity contribution in [3.05, 3.63) is 29.6 Å². The van der Waals surface area contributed by atoms with Gasteiger partial charge in [0.15, 0.2) is 11.9 Å². The fraction of sp³-hybridized carbons (Fsp3) is 0.333. The highest BCUT2D eigenvalue weighted by Crippen LogP contribution is 2.18. The minimum Gasteiger partial charge on any atom is -0.479 e. The molecule has 0 amide bonds. The van der Waals surface area contributed by atoms with Crippen molar-refractivity contribution < 1.29 is 23.5 Å². The molecule has 1 aromatic carbocycles. The van der Waals surface area contributed by atoms with E-state index in [0.29, 0.717) is 0 Å². The highest BCUT2D eigenvalue weighted by Gasteiger charge is 2.16. The summed E-state index contributed by atoms with van der Waals surface area (Å²) < 4.78 is 23.0. The molecule has 0 N–H and O–H groups in total. The Morgan fingerprint density at radius 2 is 2.00 bits per heavy atom. The number of ether oxygens (including phenoxy) is 2. The quantitative estimate of drug-likeness (QED) is 0.596. The number of rotatable bonds is 4. The Balaban J connectivity index is 2.84. The van der Waals surface area contributed by atoms with Crippen LogP contribution >= 0.6 is 0 Å². The van der Waals surface area contributed by atoms with Gasteiger partial charge < -0.3 is 9.47 Å². The number of carbonyl (C=O) groups excluding carboxylic acids is 2. The van der Waals surface area contributed by atoms with E-state index in [2.05, 4.69) is 4.74 Å². The zero-order chi connectivity index (χ0) is 13.0. The van der Waals surface area contributed by atoms with Crippen LogP contribution in [0.3, 0.4) is 0 Å². The predicted octanol–water partition coefficient (Wildman–Crippen LogP) is 1.97. The van der Waals surface area contributed by atoms with Gasteiger partial charge in [0.05, 0.1) is 12.7 Å². The van der Waals surface area contributed by atoms with Crippen molar-refractivity contribution in [2.24, 2.45) is 0 Å². The van der Waals surface area contributed by atoms with Crippen molar-refractivity contribution in [2.45, 2.75) is 20.0 Å². The summed E-state index contributed by atoms with van der Waals surface area (Å²) in [7, 11) is 1.24. The molecule has 5 heteroatoms. The molecule has 1 rings (SSSR count). The fourth-order valence-corrected chi connectivity index (χ4v) is 1.27. The first-order valence-corrected chi connectivity index (χ1v) is 5.00. The number of esters is 1. The van der Waals surface area contributed by atoms with E-state index < -0.39 is 17.9 Å². The third kappa shape index (κ3) is 3.27. The Labute approximate surface area is 98.3 Å². The Morgan fingerprint density at radius 3 is 2.47 bits per heavy atom. The van der Waals surface area contributed by atoms with E-state index in [9.17, 15) is 14.0 Å². The van der Waals surface area contributed by atoms with Crippen LogP contribution in [0.2, 0.25) is 0 Å². The number of hydrogen-bond acceptors (Lipinski definition) is 4. The van der Waals surface area contributed by atoms with Gasteiger partial charge in [-0.05, 0) is 26.0 Å². The summed E-state index contributed by atoms with van der Waals surface area (Å²) in [6.45, 7) is 2.76. The molecule has 17 heavy (non-hydrogen) atoms. The van der Waals surface area contributed by atoms with Crippen LogP contribution in [0.5, 0.6) is 5.75 Å². The van der Waals surface area contributed by atoms with Crippen molar-refractivity contribution in [1.82, 2.24) is 0 Å². The zero-order valence-corrected chi connectivity index (χ0v) is 9.82. The van der Waals surface area contributed by atoms with Gasteiger partial charge in [-0.1, -0.05) is 0 Å². The lowest BCUT2D eigenvalue weighted by atomic mass is 10.1. The molecule has 1 aromatic rings. The van der Waals surface area contributed by atoms with Crippen molar-refractivity contribution in [3.8, 4) is 5.75 Å². The van der Waals surface area contributed by atoms with E-state index in [0.717, 1.165) is 6.07 Å². The third-order valence-electron chi connectivity index (χ3n) is 2.17. The van der Waals surface area contributed by atoms with E-state index in [1.165, 1.54) is 33.1 Å². The Kier molecular flexibility index (Phi) is 4.20. The third-order valence-corrected chi connectivity index (χ3v) is 2.17. The SMILES string of the molecule is COC(=O)[C@H](C)Oc1ccc(C(C)=O)c(F)c1. The van der Waals surface area contributed by atoms with Crippen LogP contribution in [-0.2, 0) is 9.53 Å². The van der Waals surface area contributed by atoms with E-state index in [1.807, 2.05) is 0 Å². The van der Waals surface area contributed by atoms with Gasteiger partial charge in [-0.25, -0.2) is 9.18 Å². The summed E-state index contributed by atoms with van der Waals surface area (Å²) in [6, 6.07) is 3.81. The van der Waals surface area contributed by atoms with Gasteiger partial charge >= 0.3 is 5.97 Å². The monoisotopic (exact) mass is 240 g/mol. The minimum atomic E-state index is -0.831. The van der Waals surface area contributed by atoms with Crippen molar-refractivity contribution in [3.63, 3.8) is 0 Å². The number of hydrogen-bond donors (Lipinski definition) is 0. The first-order chi connectivity index (χ1) is 7.95. The molecular weight excluding hydrogens is 227 g/mol. The van der Waals surface area contributed by atoms with Gasteiger partial charge in [-0.15, -0.1) is 0 Å². The molecule has 0 fully saturated rings. The first kappa shape index (κ1) is 13.2. The maximum Gasteiger partial charge on any atom is 0.346 e. The lowest BCUT2D eigenvalue weighted by Gasteiger charge is -2.12. The molecule has 92 valence electrons. The average Bonchev–Trinajstić information content (AvgIpc) is 2.27. The Morgan fingerprint density at radius 1 is 1.35 bits per heavy atom. The normalized spacial score (nSPS) is 11.8. The fourth-order valence-electron chi connectivity index (χ4n) is 1.27. The second-order valence-corrected chi connectivity index (χ2v) is 3.48. The summed E-state index contributed by atoms with van der Waals surface area (Å²) in [5.74, 6) is -1.42. The van der Waals surface area contributed by atoms with Crippen LogP contribution in [0.4, 0.5) is 4.39 Å². The molecule has 0 radical (unpaired) electrons. The molecule has 0 unspecified atom stereocenters. The van der Waals surface area contributed by atoms with Gasteiger partial charge in [-0.2, -0.15) is 0 Å². The standard InChI is InChI=1S/C12H13FO4/c1-7(14)10-5-4-9(6-11(10)13)17-8(2)12(15)16-3/h4-6,8H,1-3H3/t8-/m0/s1. The summed E-state index contributed by atoms with van der Waals surface area (Å²) in [4.78, 5) is 22.1. The number of ketones is 1. The molecule has 4 nitrogen and oxygen atoms in total. The smallest absolute Gasteiger partial charge is 0.346 e. The van der Waals surface area contributed by atoms with E-state index in [4.69, 9.17) is 4.74 Å². The second kappa shape index (κ2) is 5.43. The van der Waals surface area contributed by atoms with E-state index in [1.54, 1.807) is 0 Å². The zero-order valence-electron chi connectivity index (χ0n) is 9.82. The van der Waals surface area contributed by atoms with E-state index in [-0.39, 0.29) is 17.1 Å². The van der Waals surface area contributed by atoms with Gasteiger partial charge in [0.1, 0.15) is 11.6 Å². The average molecular weight is 240 g/mol. The predicted molar refractivity (Wildman–Crippen MR) is 58.5 cm³/mol. The number of methoxy groups -OCH3 is 1. The number of halogens is 1. The molecule has 0 saturated heterocycles. The van der Waals surface area contributed by atoms with Gasteiger partial charge in [-0.3, -0.25) is 4.79 Å². The summed E-state index contributed by atoms with van der Waals surface area (Å²) in [5, 5.41) is 0. The molecule has 1 atom stereocenters. The second-order valence-electron chi connectivity index (χ2n) is 3.48. The van der Waals surface area contributed by atoms with Crippen molar-refractivity contribution in [2.75, 3.05) is 7.11 Å². The molecule has 0 aliphatic heterocycles. The molecule has 0 heterocycles. The summed E-state index contributed by atoms with van der Waals surface area (Å²) >= 11 is 0. The molecular formula is C12H13FO4. The molecule has 0 aliphatic carbocycles. The highest BCUT2D eigenvalue weighted by atomic mass is 19.1. The highest BCUT2D eigenvalue weighted by molar-refractivity contribution is 5.94. The Bertz CT molecular complexity index is 442. The lowest BCUT2D eigenvalue weighted by molar-refractivity contribution is -0.147. The number of carbonyl (C=O) groups is 2. The van der Waals surface area contributed by atoms with Gasteiger partial charge in [0.2, 0.25) is 0 Å². The summed E-state index contributed by atoms with van der Waals surface area (Å²) in [6.07, 6.45) is -0.831. The lowest BCUT2D eigenvalue weighted by Crippen LogP contribution is -2.24. The van der Waals surface area contributed by atoms with Crippen LogP contribution in [0.25, 0.3) is 0 Å². The van der Waals surface area contributed by atoms with Crippen LogP contribution in [0.1, 0.15) is 24.2 Å².